The zero-order valence-corrected chi connectivity index (χ0v) is 8.19. The molecular weight excluding hydrogens is 186 g/mol. The van der Waals surface area contributed by atoms with Crippen LogP contribution in [0.15, 0.2) is 0 Å². The van der Waals surface area contributed by atoms with Crippen molar-refractivity contribution in [2.45, 2.75) is 24.7 Å². The number of rotatable bonds is 2. The summed E-state index contributed by atoms with van der Waals surface area (Å²) in [5, 5.41) is 3.30. The van der Waals surface area contributed by atoms with Crippen LogP contribution in [0, 0.1) is 0 Å². The third kappa shape index (κ3) is 2.05. The summed E-state index contributed by atoms with van der Waals surface area (Å²) in [5.41, 5.74) is 0. The van der Waals surface area contributed by atoms with E-state index in [1.165, 1.54) is 7.11 Å². The summed E-state index contributed by atoms with van der Waals surface area (Å²) in [7, 11) is 1.39. The van der Waals surface area contributed by atoms with Gasteiger partial charge in [-0.05, 0) is 0 Å². The highest BCUT2D eigenvalue weighted by Crippen LogP contribution is 2.18. The smallest absolute Gasteiger partial charge is 0.308 e. The van der Waals surface area contributed by atoms with Crippen molar-refractivity contribution in [2.24, 2.45) is 0 Å². The van der Waals surface area contributed by atoms with Crippen LogP contribution in [0.5, 0.6) is 0 Å². The summed E-state index contributed by atoms with van der Waals surface area (Å²) in [6.07, 6.45) is 0.330. The quantitative estimate of drug-likeness (QED) is 0.599. The van der Waals surface area contributed by atoms with Crippen LogP contribution in [0.1, 0.15) is 6.42 Å². The molecule has 14 heavy (non-hydrogen) atoms. The van der Waals surface area contributed by atoms with E-state index < -0.39 is 0 Å². The normalized spacial score (nSPS) is 36.5. The molecule has 0 radical (unpaired) electrons. The van der Waals surface area contributed by atoms with Gasteiger partial charge >= 0.3 is 5.97 Å². The summed E-state index contributed by atoms with van der Waals surface area (Å²) in [5.74, 6) is -0.228. The second-order valence-corrected chi connectivity index (χ2v) is 3.63. The SMILES string of the molecule is COC(=O)C[C@@H]1CN[C@H]2COC[C@@H]2O1. The maximum absolute atomic E-state index is 11.0. The Labute approximate surface area is 82.7 Å². The average Bonchev–Trinajstić information content (AvgIpc) is 2.64. The van der Waals surface area contributed by atoms with Crippen LogP contribution >= 0.6 is 0 Å². The average molecular weight is 201 g/mol. The molecule has 3 atom stereocenters. The Morgan fingerprint density at radius 3 is 3.21 bits per heavy atom. The predicted molar refractivity (Wildman–Crippen MR) is 47.9 cm³/mol. The number of carbonyl (C=O) groups excluding carboxylic acids is 1. The highest BCUT2D eigenvalue weighted by molar-refractivity contribution is 5.69. The molecule has 2 aliphatic rings. The van der Waals surface area contributed by atoms with Gasteiger partial charge in [-0.15, -0.1) is 0 Å². The monoisotopic (exact) mass is 201 g/mol. The fourth-order valence-corrected chi connectivity index (χ4v) is 1.83. The molecule has 0 saturated carbocycles. The lowest BCUT2D eigenvalue weighted by atomic mass is 10.1. The van der Waals surface area contributed by atoms with Gasteiger partial charge < -0.3 is 19.5 Å². The highest BCUT2D eigenvalue weighted by Gasteiger charge is 2.35. The first-order valence-corrected chi connectivity index (χ1v) is 4.83. The molecule has 2 aliphatic heterocycles. The molecule has 0 unspecified atom stereocenters. The van der Waals surface area contributed by atoms with Crippen LogP contribution in [0.2, 0.25) is 0 Å². The van der Waals surface area contributed by atoms with Crippen molar-refractivity contribution in [3.63, 3.8) is 0 Å². The Kier molecular flexibility index (Phi) is 3.00. The number of morpholine rings is 1. The lowest BCUT2D eigenvalue weighted by Gasteiger charge is -2.31. The first-order valence-electron chi connectivity index (χ1n) is 4.83. The molecule has 0 spiro atoms. The summed E-state index contributed by atoms with van der Waals surface area (Å²) in [6.45, 7) is 2.02. The van der Waals surface area contributed by atoms with Crippen molar-refractivity contribution in [1.82, 2.24) is 5.32 Å². The Bertz CT molecular complexity index is 221. The van der Waals surface area contributed by atoms with Crippen LogP contribution in [-0.2, 0) is 19.0 Å². The molecule has 0 aromatic heterocycles. The van der Waals surface area contributed by atoms with E-state index in [1.54, 1.807) is 0 Å². The van der Waals surface area contributed by atoms with Gasteiger partial charge in [0.1, 0.15) is 0 Å². The molecule has 0 aromatic rings. The second kappa shape index (κ2) is 4.25. The highest BCUT2D eigenvalue weighted by atomic mass is 16.6. The molecule has 0 bridgehead atoms. The Morgan fingerprint density at radius 2 is 2.43 bits per heavy atom. The molecule has 80 valence electrons. The third-order valence-corrected chi connectivity index (χ3v) is 2.63. The molecule has 2 fully saturated rings. The minimum atomic E-state index is -0.228. The molecule has 0 aromatic carbocycles. The number of esters is 1. The van der Waals surface area contributed by atoms with Gasteiger partial charge in [-0.2, -0.15) is 0 Å². The molecule has 2 rings (SSSR count). The van der Waals surface area contributed by atoms with E-state index in [2.05, 4.69) is 10.1 Å². The fourth-order valence-electron chi connectivity index (χ4n) is 1.83. The van der Waals surface area contributed by atoms with Crippen molar-refractivity contribution >= 4 is 5.97 Å². The zero-order chi connectivity index (χ0) is 9.97. The van der Waals surface area contributed by atoms with Crippen LogP contribution in [-0.4, -0.2) is 51.1 Å². The molecule has 0 amide bonds. The molecule has 5 heteroatoms. The van der Waals surface area contributed by atoms with Crippen molar-refractivity contribution in [3.8, 4) is 0 Å². The topological polar surface area (TPSA) is 56.8 Å². The minimum absolute atomic E-state index is 0.0783. The van der Waals surface area contributed by atoms with E-state index in [9.17, 15) is 4.79 Å². The van der Waals surface area contributed by atoms with Crippen LogP contribution < -0.4 is 5.32 Å². The van der Waals surface area contributed by atoms with Crippen molar-refractivity contribution in [3.05, 3.63) is 0 Å². The first-order chi connectivity index (χ1) is 6.79. The van der Waals surface area contributed by atoms with Crippen LogP contribution in [0.3, 0.4) is 0 Å². The summed E-state index contributed by atoms with van der Waals surface area (Å²) in [4.78, 5) is 11.0. The standard InChI is InChI=1S/C9H15NO4/c1-12-9(11)2-6-3-10-7-4-13-5-8(7)14-6/h6-8,10H,2-5H2,1H3/t6-,7+,8+/m1/s1. The largest absolute Gasteiger partial charge is 0.469 e. The minimum Gasteiger partial charge on any atom is -0.469 e. The van der Waals surface area contributed by atoms with E-state index in [4.69, 9.17) is 9.47 Å². The van der Waals surface area contributed by atoms with Gasteiger partial charge in [0.05, 0.1) is 45.0 Å². The van der Waals surface area contributed by atoms with Crippen molar-refractivity contribution in [1.29, 1.82) is 0 Å². The number of hydrogen-bond acceptors (Lipinski definition) is 5. The summed E-state index contributed by atoms with van der Waals surface area (Å²) >= 11 is 0. The fraction of sp³-hybridized carbons (Fsp3) is 0.889. The molecule has 1 N–H and O–H groups in total. The number of nitrogens with one attached hydrogen (secondary N) is 1. The Morgan fingerprint density at radius 1 is 1.57 bits per heavy atom. The maximum Gasteiger partial charge on any atom is 0.308 e. The molecule has 5 nitrogen and oxygen atoms in total. The van der Waals surface area contributed by atoms with Gasteiger partial charge in [-0.3, -0.25) is 4.79 Å². The van der Waals surface area contributed by atoms with E-state index >= 15 is 0 Å². The van der Waals surface area contributed by atoms with Crippen molar-refractivity contribution < 1.29 is 19.0 Å². The lowest BCUT2D eigenvalue weighted by molar-refractivity contribution is -0.146. The Hall–Kier alpha value is -0.650. The predicted octanol–water partition coefficient (Wildman–Crippen LogP) is -0.695. The Balaban J connectivity index is 1.82. The van der Waals surface area contributed by atoms with Gasteiger partial charge in [0, 0.05) is 6.54 Å². The number of hydrogen-bond donors (Lipinski definition) is 1. The second-order valence-electron chi connectivity index (χ2n) is 3.63. The number of carbonyl (C=O) groups is 1. The number of methoxy groups -OCH3 is 1. The third-order valence-electron chi connectivity index (χ3n) is 2.63. The molecular formula is C9H15NO4. The summed E-state index contributed by atoms with van der Waals surface area (Å²) < 4.78 is 15.5. The summed E-state index contributed by atoms with van der Waals surface area (Å²) in [6, 6.07) is 0.295. The lowest BCUT2D eigenvalue weighted by Crippen LogP contribution is -2.52. The van der Waals surface area contributed by atoms with Crippen molar-refractivity contribution in [2.75, 3.05) is 26.9 Å². The van der Waals surface area contributed by atoms with Gasteiger partial charge in [-0.25, -0.2) is 0 Å². The molecule has 2 heterocycles. The maximum atomic E-state index is 11.0. The van der Waals surface area contributed by atoms with E-state index in [0.29, 0.717) is 32.2 Å². The molecule has 2 saturated heterocycles. The van der Waals surface area contributed by atoms with Gasteiger partial charge in [0.15, 0.2) is 0 Å². The number of fused-ring (bicyclic) bond motifs is 1. The van der Waals surface area contributed by atoms with Gasteiger partial charge in [-0.1, -0.05) is 0 Å². The molecule has 0 aliphatic carbocycles. The van der Waals surface area contributed by atoms with E-state index in [0.717, 1.165) is 0 Å². The number of ether oxygens (including phenoxy) is 3. The van der Waals surface area contributed by atoms with Crippen LogP contribution in [0.4, 0.5) is 0 Å². The van der Waals surface area contributed by atoms with Gasteiger partial charge in [0.2, 0.25) is 0 Å². The van der Waals surface area contributed by atoms with E-state index in [-0.39, 0.29) is 18.2 Å². The van der Waals surface area contributed by atoms with Gasteiger partial charge in [0.25, 0.3) is 0 Å². The zero-order valence-electron chi connectivity index (χ0n) is 8.19. The van der Waals surface area contributed by atoms with E-state index in [1.807, 2.05) is 0 Å². The first kappa shape index (κ1) is 9.89. The van der Waals surface area contributed by atoms with Crippen LogP contribution in [0.25, 0.3) is 0 Å².